The topological polar surface area (TPSA) is 49.8 Å². The summed E-state index contributed by atoms with van der Waals surface area (Å²) in [6, 6.07) is 6.87. The number of aromatic hydroxyl groups is 1. The molecule has 0 bridgehead atoms. The van der Waals surface area contributed by atoms with Crippen LogP contribution in [0, 0.1) is 0 Å². The molecule has 0 spiro atoms. The average molecular weight is 249 g/mol. The normalized spacial score (nSPS) is 16.8. The van der Waals surface area contributed by atoms with Crippen molar-refractivity contribution >= 4 is 5.91 Å². The second kappa shape index (κ2) is 5.87. The van der Waals surface area contributed by atoms with E-state index >= 15 is 0 Å². The van der Waals surface area contributed by atoms with Crippen molar-refractivity contribution < 1.29 is 14.6 Å². The number of methoxy groups -OCH3 is 1. The molecule has 0 aromatic heterocycles. The molecule has 1 heterocycles. The fourth-order valence-corrected chi connectivity index (χ4v) is 2.29. The number of amides is 1. The van der Waals surface area contributed by atoms with E-state index in [0.717, 1.165) is 31.5 Å². The van der Waals surface area contributed by atoms with Crippen LogP contribution in [0.3, 0.4) is 0 Å². The zero-order valence-electron chi connectivity index (χ0n) is 10.6. The second-order valence-corrected chi connectivity index (χ2v) is 4.66. The van der Waals surface area contributed by atoms with Gasteiger partial charge in [0.1, 0.15) is 5.75 Å². The van der Waals surface area contributed by atoms with E-state index < -0.39 is 0 Å². The number of carbonyl (C=O) groups is 1. The average Bonchev–Trinajstić information content (AvgIpc) is 2.39. The summed E-state index contributed by atoms with van der Waals surface area (Å²) in [6.07, 6.45) is 2.45. The summed E-state index contributed by atoms with van der Waals surface area (Å²) in [7, 11) is 1.72. The van der Waals surface area contributed by atoms with Crippen molar-refractivity contribution in [1.82, 2.24) is 4.90 Å². The van der Waals surface area contributed by atoms with Gasteiger partial charge in [-0.25, -0.2) is 0 Å². The molecule has 0 aliphatic carbocycles. The summed E-state index contributed by atoms with van der Waals surface area (Å²) < 4.78 is 5.28. The molecule has 1 aromatic carbocycles. The van der Waals surface area contributed by atoms with E-state index in [1.165, 1.54) is 0 Å². The van der Waals surface area contributed by atoms with E-state index in [-0.39, 0.29) is 17.8 Å². The number of phenolic OH excluding ortho intramolecular Hbond substituents is 1. The molecule has 2 rings (SSSR count). The Morgan fingerprint density at radius 1 is 1.44 bits per heavy atom. The van der Waals surface area contributed by atoms with Gasteiger partial charge in [0.2, 0.25) is 5.91 Å². The van der Waals surface area contributed by atoms with Crippen LogP contribution in [0.25, 0.3) is 0 Å². The number of hydrogen-bond acceptors (Lipinski definition) is 3. The molecule has 0 unspecified atom stereocenters. The van der Waals surface area contributed by atoms with E-state index in [9.17, 15) is 9.90 Å². The monoisotopic (exact) mass is 249 g/mol. The van der Waals surface area contributed by atoms with E-state index in [4.69, 9.17) is 4.74 Å². The SMILES string of the molecule is COC1CCN(C(=O)Cc2cccc(O)c2)CC1. The Labute approximate surface area is 107 Å². The van der Waals surface area contributed by atoms with Crippen LogP contribution in [-0.4, -0.2) is 42.2 Å². The van der Waals surface area contributed by atoms with E-state index in [0.29, 0.717) is 6.42 Å². The van der Waals surface area contributed by atoms with Gasteiger partial charge < -0.3 is 14.7 Å². The van der Waals surface area contributed by atoms with Gasteiger partial charge in [-0.2, -0.15) is 0 Å². The Morgan fingerprint density at radius 2 is 2.17 bits per heavy atom. The van der Waals surface area contributed by atoms with Gasteiger partial charge >= 0.3 is 0 Å². The molecule has 0 atom stereocenters. The maximum atomic E-state index is 12.1. The first-order chi connectivity index (χ1) is 8.69. The van der Waals surface area contributed by atoms with Crippen molar-refractivity contribution in [2.24, 2.45) is 0 Å². The molecule has 98 valence electrons. The lowest BCUT2D eigenvalue weighted by molar-refractivity contribution is -0.132. The number of rotatable bonds is 3. The molecular weight excluding hydrogens is 230 g/mol. The van der Waals surface area contributed by atoms with Crippen molar-refractivity contribution in [2.45, 2.75) is 25.4 Å². The highest BCUT2D eigenvalue weighted by molar-refractivity contribution is 5.79. The number of piperidine rings is 1. The summed E-state index contributed by atoms with van der Waals surface area (Å²) in [5, 5.41) is 9.36. The molecule has 1 fully saturated rings. The maximum Gasteiger partial charge on any atom is 0.226 e. The summed E-state index contributed by atoms with van der Waals surface area (Å²) >= 11 is 0. The maximum absolute atomic E-state index is 12.1. The van der Waals surface area contributed by atoms with Crippen LogP contribution in [0.4, 0.5) is 0 Å². The van der Waals surface area contributed by atoms with Crippen LogP contribution < -0.4 is 0 Å². The lowest BCUT2D eigenvalue weighted by Gasteiger charge is -2.31. The summed E-state index contributed by atoms with van der Waals surface area (Å²) in [5.74, 6) is 0.327. The fourth-order valence-electron chi connectivity index (χ4n) is 2.29. The van der Waals surface area contributed by atoms with Crippen molar-refractivity contribution in [2.75, 3.05) is 20.2 Å². The lowest BCUT2D eigenvalue weighted by Crippen LogP contribution is -2.41. The number of phenols is 1. The van der Waals surface area contributed by atoms with Crippen LogP contribution >= 0.6 is 0 Å². The van der Waals surface area contributed by atoms with Gasteiger partial charge in [0.15, 0.2) is 0 Å². The predicted octanol–water partition coefficient (Wildman–Crippen LogP) is 1.57. The Balaban J connectivity index is 1.89. The largest absolute Gasteiger partial charge is 0.508 e. The minimum Gasteiger partial charge on any atom is -0.508 e. The van der Waals surface area contributed by atoms with Gasteiger partial charge in [-0.1, -0.05) is 12.1 Å². The Hall–Kier alpha value is -1.55. The predicted molar refractivity (Wildman–Crippen MR) is 68.4 cm³/mol. The first-order valence-corrected chi connectivity index (χ1v) is 6.27. The highest BCUT2D eigenvalue weighted by atomic mass is 16.5. The van der Waals surface area contributed by atoms with Gasteiger partial charge in [-0.05, 0) is 30.5 Å². The van der Waals surface area contributed by atoms with Crippen LogP contribution in [0.2, 0.25) is 0 Å². The first kappa shape index (κ1) is 12.9. The zero-order valence-corrected chi connectivity index (χ0v) is 10.6. The van der Waals surface area contributed by atoms with Crippen LogP contribution in [0.1, 0.15) is 18.4 Å². The highest BCUT2D eigenvalue weighted by Crippen LogP contribution is 2.16. The molecule has 4 heteroatoms. The standard InChI is InChI=1S/C14H19NO3/c1-18-13-5-7-15(8-6-13)14(17)10-11-3-2-4-12(16)9-11/h2-4,9,13,16H,5-8,10H2,1H3. The fraction of sp³-hybridized carbons (Fsp3) is 0.500. The number of nitrogens with zero attached hydrogens (tertiary/aromatic N) is 1. The van der Waals surface area contributed by atoms with Crippen LogP contribution in [-0.2, 0) is 16.0 Å². The van der Waals surface area contributed by atoms with Crippen molar-refractivity contribution in [1.29, 1.82) is 0 Å². The first-order valence-electron chi connectivity index (χ1n) is 6.27. The van der Waals surface area contributed by atoms with Crippen LogP contribution in [0.5, 0.6) is 5.75 Å². The summed E-state index contributed by atoms with van der Waals surface area (Å²) in [6.45, 7) is 1.52. The zero-order chi connectivity index (χ0) is 13.0. The van der Waals surface area contributed by atoms with Gasteiger partial charge in [-0.15, -0.1) is 0 Å². The Kier molecular flexibility index (Phi) is 4.20. The number of benzene rings is 1. The number of ether oxygens (including phenoxy) is 1. The third-order valence-electron chi connectivity index (χ3n) is 3.39. The highest BCUT2D eigenvalue weighted by Gasteiger charge is 2.22. The molecule has 0 saturated carbocycles. The van der Waals surface area contributed by atoms with Crippen molar-refractivity contribution in [3.8, 4) is 5.75 Å². The molecule has 1 amide bonds. The molecule has 18 heavy (non-hydrogen) atoms. The number of likely N-dealkylation sites (tertiary alicyclic amines) is 1. The van der Waals surface area contributed by atoms with Gasteiger partial charge in [0, 0.05) is 20.2 Å². The van der Waals surface area contributed by atoms with Gasteiger partial charge in [0.25, 0.3) is 0 Å². The molecule has 4 nitrogen and oxygen atoms in total. The molecule has 0 radical (unpaired) electrons. The number of hydrogen-bond donors (Lipinski definition) is 1. The number of carbonyl (C=O) groups excluding carboxylic acids is 1. The third kappa shape index (κ3) is 3.23. The minimum atomic E-state index is 0.121. The molecule has 1 aliphatic rings. The van der Waals surface area contributed by atoms with Gasteiger partial charge in [0.05, 0.1) is 12.5 Å². The third-order valence-corrected chi connectivity index (χ3v) is 3.39. The van der Waals surface area contributed by atoms with Crippen molar-refractivity contribution in [3.63, 3.8) is 0 Å². The minimum absolute atomic E-state index is 0.121. The second-order valence-electron chi connectivity index (χ2n) is 4.66. The Morgan fingerprint density at radius 3 is 2.78 bits per heavy atom. The van der Waals surface area contributed by atoms with Crippen molar-refractivity contribution in [3.05, 3.63) is 29.8 Å². The molecule has 1 aliphatic heterocycles. The summed E-state index contributed by atoms with van der Waals surface area (Å²) in [5.41, 5.74) is 0.855. The smallest absolute Gasteiger partial charge is 0.226 e. The molecule has 1 saturated heterocycles. The Bertz CT molecular complexity index is 411. The molecular formula is C14H19NO3. The van der Waals surface area contributed by atoms with E-state index in [2.05, 4.69) is 0 Å². The lowest BCUT2D eigenvalue weighted by atomic mass is 10.1. The van der Waals surface area contributed by atoms with E-state index in [1.807, 2.05) is 11.0 Å². The van der Waals surface area contributed by atoms with Crippen LogP contribution in [0.15, 0.2) is 24.3 Å². The summed E-state index contributed by atoms with van der Waals surface area (Å²) in [4.78, 5) is 14.0. The molecule has 1 N–H and O–H groups in total. The van der Waals surface area contributed by atoms with Gasteiger partial charge in [-0.3, -0.25) is 4.79 Å². The molecule has 1 aromatic rings. The quantitative estimate of drug-likeness (QED) is 0.884. The van der Waals surface area contributed by atoms with E-state index in [1.54, 1.807) is 25.3 Å².